The molecule has 0 radical (unpaired) electrons. The molecule has 0 unspecified atom stereocenters. The fourth-order valence-corrected chi connectivity index (χ4v) is 3.74. The SMILES string of the molecule is C#C[C@]1(CCC(=O)c2cccc(Cl)c2)COc2ccc(C(=O)OC)cc2N(C(=O)C(F)(F)F)C1. The lowest BCUT2D eigenvalue weighted by molar-refractivity contribution is -0.170. The van der Waals surface area contributed by atoms with E-state index in [4.69, 9.17) is 22.8 Å². The van der Waals surface area contributed by atoms with Crippen molar-refractivity contribution >= 4 is 34.9 Å². The van der Waals surface area contributed by atoms with Gasteiger partial charge in [0.25, 0.3) is 0 Å². The van der Waals surface area contributed by atoms with E-state index in [-0.39, 0.29) is 42.2 Å². The highest BCUT2D eigenvalue weighted by Crippen LogP contribution is 2.40. The predicted molar refractivity (Wildman–Crippen MR) is 118 cm³/mol. The third kappa shape index (κ3) is 5.34. The summed E-state index contributed by atoms with van der Waals surface area (Å²) < 4.78 is 50.7. The first-order valence-electron chi connectivity index (χ1n) is 10.00. The molecule has 1 aliphatic heterocycles. The van der Waals surface area contributed by atoms with Crippen molar-refractivity contribution in [1.82, 2.24) is 0 Å². The molecule has 1 atom stereocenters. The van der Waals surface area contributed by atoms with Crippen LogP contribution in [0.5, 0.6) is 5.75 Å². The number of carbonyl (C=O) groups excluding carboxylic acids is 3. The van der Waals surface area contributed by atoms with Gasteiger partial charge in [-0.3, -0.25) is 14.5 Å². The van der Waals surface area contributed by atoms with E-state index in [1.165, 1.54) is 18.2 Å². The number of fused-ring (bicyclic) bond motifs is 1. The number of esters is 1. The summed E-state index contributed by atoms with van der Waals surface area (Å²) in [4.78, 5) is 37.4. The number of rotatable bonds is 5. The number of ether oxygens (including phenoxy) is 2. The number of nitrogens with zero attached hydrogens (tertiary/aromatic N) is 1. The molecule has 3 rings (SSSR count). The van der Waals surface area contributed by atoms with Gasteiger partial charge in [0.05, 0.1) is 23.8 Å². The van der Waals surface area contributed by atoms with Crippen molar-refractivity contribution in [3.05, 3.63) is 58.6 Å². The van der Waals surface area contributed by atoms with Crippen LogP contribution in [0.3, 0.4) is 0 Å². The number of carbonyl (C=O) groups is 3. The van der Waals surface area contributed by atoms with E-state index in [1.54, 1.807) is 18.2 Å². The Bertz CT molecular complexity index is 1170. The number of halogens is 4. The topological polar surface area (TPSA) is 72.9 Å². The van der Waals surface area contributed by atoms with Gasteiger partial charge in [0.2, 0.25) is 0 Å². The summed E-state index contributed by atoms with van der Waals surface area (Å²) in [6.45, 7) is -0.833. The van der Waals surface area contributed by atoms with Gasteiger partial charge in [0, 0.05) is 23.6 Å². The van der Waals surface area contributed by atoms with Crippen molar-refractivity contribution in [3.8, 4) is 18.1 Å². The second kappa shape index (κ2) is 9.77. The highest BCUT2D eigenvalue weighted by atomic mass is 35.5. The minimum absolute atomic E-state index is 0.0612. The molecular formula is C24H19ClF3NO5. The maximum atomic E-state index is 13.5. The second-order valence-electron chi connectivity index (χ2n) is 7.71. The molecule has 0 saturated carbocycles. The molecule has 0 aromatic heterocycles. The van der Waals surface area contributed by atoms with Crippen molar-refractivity contribution in [2.75, 3.05) is 25.2 Å². The lowest BCUT2D eigenvalue weighted by atomic mass is 9.83. The third-order valence-corrected chi connectivity index (χ3v) is 5.64. The van der Waals surface area contributed by atoms with Crippen LogP contribution < -0.4 is 9.64 Å². The molecule has 0 N–H and O–H groups in total. The van der Waals surface area contributed by atoms with E-state index < -0.39 is 30.0 Å². The van der Waals surface area contributed by atoms with Gasteiger partial charge >= 0.3 is 18.1 Å². The number of anilines is 1. The first kappa shape index (κ1) is 25.1. The highest BCUT2D eigenvalue weighted by molar-refractivity contribution is 6.31. The molecule has 34 heavy (non-hydrogen) atoms. The molecule has 6 nitrogen and oxygen atoms in total. The van der Waals surface area contributed by atoms with Crippen molar-refractivity contribution in [3.63, 3.8) is 0 Å². The van der Waals surface area contributed by atoms with Crippen LogP contribution in [-0.2, 0) is 9.53 Å². The minimum Gasteiger partial charge on any atom is -0.490 e. The third-order valence-electron chi connectivity index (χ3n) is 5.41. The van der Waals surface area contributed by atoms with Crippen LogP contribution in [-0.4, -0.2) is 44.1 Å². The number of alkyl halides is 3. The molecule has 178 valence electrons. The minimum atomic E-state index is -5.22. The summed E-state index contributed by atoms with van der Waals surface area (Å²) >= 11 is 5.92. The van der Waals surface area contributed by atoms with Crippen LogP contribution in [0.4, 0.5) is 18.9 Å². The summed E-state index contributed by atoms with van der Waals surface area (Å²) in [7, 11) is 1.11. The zero-order chi connectivity index (χ0) is 25.1. The quantitative estimate of drug-likeness (QED) is 0.343. The standard InChI is InChI=1S/C24H19ClF3NO5/c1-3-23(10-9-19(30)15-5-4-6-17(25)11-15)13-29(22(32)24(26,27)28)18-12-16(21(31)33-2)7-8-20(18)34-14-23/h1,4-8,11-12H,9-10,13-14H2,2H3/t23-/m1/s1. The van der Waals surface area contributed by atoms with Gasteiger partial charge in [-0.1, -0.05) is 29.7 Å². The Labute approximate surface area is 198 Å². The predicted octanol–water partition coefficient (Wildman–Crippen LogP) is 4.70. The maximum absolute atomic E-state index is 13.5. The average Bonchev–Trinajstić information content (AvgIpc) is 2.98. The second-order valence-corrected chi connectivity index (χ2v) is 8.15. The van der Waals surface area contributed by atoms with Gasteiger partial charge in [-0.2, -0.15) is 13.2 Å². The molecule has 0 spiro atoms. The number of terminal acetylenes is 1. The summed E-state index contributed by atoms with van der Waals surface area (Å²) in [6.07, 6.45) is 0.304. The summed E-state index contributed by atoms with van der Waals surface area (Å²) in [5.41, 5.74) is -1.44. The fourth-order valence-electron chi connectivity index (χ4n) is 3.55. The smallest absolute Gasteiger partial charge is 0.471 e. The van der Waals surface area contributed by atoms with Crippen LogP contribution >= 0.6 is 11.6 Å². The van der Waals surface area contributed by atoms with E-state index in [0.717, 1.165) is 13.2 Å². The van der Waals surface area contributed by atoms with Crippen LogP contribution in [0.25, 0.3) is 0 Å². The Morgan fingerprint density at radius 2 is 1.94 bits per heavy atom. The van der Waals surface area contributed by atoms with E-state index in [0.29, 0.717) is 15.5 Å². The molecule has 0 bridgehead atoms. The molecule has 0 aliphatic carbocycles. The average molecular weight is 494 g/mol. The number of ketones is 1. The van der Waals surface area contributed by atoms with Gasteiger partial charge in [-0.05, 0) is 36.8 Å². The molecule has 0 fully saturated rings. The van der Waals surface area contributed by atoms with Crippen LogP contribution in [0.1, 0.15) is 33.6 Å². The first-order valence-corrected chi connectivity index (χ1v) is 10.4. The lowest BCUT2D eigenvalue weighted by Crippen LogP contribution is -2.47. The van der Waals surface area contributed by atoms with Crippen molar-refractivity contribution < 1.29 is 37.0 Å². The monoisotopic (exact) mass is 493 g/mol. The first-order chi connectivity index (χ1) is 16.0. The van der Waals surface area contributed by atoms with Crippen molar-refractivity contribution in [2.24, 2.45) is 5.41 Å². The van der Waals surface area contributed by atoms with Crippen molar-refractivity contribution in [2.45, 2.75) is 19.0 Å². The fraction of sp³-hybridized carbons (Fsp3) is 0.292. The highest BCUT2D eigenvalue weighted by Gasteiger charge is 2.48. The van der Waals surface area contributed by atoms with Crippen LogP contribution in [0.15, 0.2) is 42.5 Å². The van der Waals surface area contributed by atoms with Gasteiger partial charge in [0.15, 0.2) is 5.78 Å². The largest absolute Gasteiger partial charge is 0.490 e. The Morgan fingerprint density at radius 3 is 2.56 bits per heavy atom. The van der Waals surface area contributed by atoms with Crippen LogP contribution in [0.2, 0.25) is 5.02 Å². The molecule has 1 heterocycles. The maximum Gasteiger partial charge on any atom is 0.471 e. The van der Waals surface area contributed by atoms with Gasteiger partial charge < -0.3 is 9.47 Å². The number of hydrogen-bond acceptors (Lipinski definition) is 5. The molecular weight excluding hydrogens is 475 g/mol. The molecule has 1 aliphatic rings. The number of amides is 1. The van der Waals surface area contributed by atoms with E-state index >= 15 is 0 Å². The number of Topliss-reactive ketones (excluding diaryl/α,β-unsaturated/α-hetero) is 1. The summed E-state index contributed by atoms with van der Waals surface area (Å²) in [6, 6.07) is 9.87. The molecule has 10 heteroatoms. The number of benzene rings is 2. The molecule has 0 saturated heterocycles. The Balaban J connectivity index is 1.96. The Morgan fingerprint density at radius 1 is 1.21 bits per heavy atom. The summed E-state index contributed by atoms with van der Waals surface area (Å²) in [5.74, 6) is -0.928. The van der Waals surface area contributed by atoms with E-state index in [2.05, 4.69) is 10.7 Å². The van der Waals surface area contributed by atoms with Crippen LogP contribution in [0, 0.1) is 17.8 Å². The molecule has 2 aromatic rings. The number of hydrogen-bond donors (Lipinski definition) is 0. The normalized spacial score (nSPS) is 17.6. The van der Waals surface area contributed by atoms with Crippen molar-refractivity contribution in [1.29, 1.82) is 0 Å². The summed E-state index contributed by atoms with van der Waals surface area (Å²) in [5, 5.41) is 0.356. The van der Waals surface area contributed by atoms with Gasteiger partial charge in [-0.15, -0.1) is 6.42 Å². The molecule has 1 amide bonds. The van der Waals surface area contributed by atoms with Gasteiger partial charge in [0.1, 0.15) is 12.4 Å². The van der Waals surface area contributed by atoms with E-state index in [1.807, 2.05) is 0 Å². The molecule has 2 aromatic carbocycles. The van der Waals surface area contributed by atoms with Gasteiger partial charge in [-0.25, -0.2) is 4.79 Å². The van der Waals surface area contributed by atoms with E-state index in [9.17, 15) is 27.6 Å². The lowest BCUT2D eigenvalue weighted by Gasteiger charge is -2.31. The Kier molecular flexibility index (Phi) is 7.22. The zero-order valence-corrected chi connectivity index (χ0v) is 18.7. The zero-order valence-electron chi connectivity index (χ0n) is 17.9. The number of methoxy groups -OCH3 is 1. The Hall–Kier alpha value is -3.51.